The van der Waals surface area contributed by atoms with Gasteiger partial charge in [-0.25, -0.2) is 19.4 Å². The van der Waals surface area contributed by atoms with E-state index in [4.69, 9.17) is 0 Å². The van der Waals surface area contributed by atoms with Crippen LogP contribution < -0.4 is 0 Å². The summed E-state index contributed by atoms with van der Waals surface area (Å²) in [5.74, 6) is -1.37. The number of rotatable bonds is 2. The zero-order chi connectivity index (χ0) is 13.7. The third-order valence-corrected chi connectivity index (χ3v) is 2.44. The van der Waals surface area contributed by atoms with Crippen LogP contribution >= 0.6 is 0 Å². The van der Waals surface area contributed by atoms with Crippen molar-refractivity contribution >= 4 is 11.9 Å². The first kappa shape index (κ1) is 12.8. The highest BCUT2D eigenvalue weighted by Crippen LogP contribution is 2.20. The molecular formula is C15H12O4. The van der Waals surface area contributed by atoms with Crippen molar-refractivity contribution in [2.45, 2.75) is 6.92 Å². The van der Waals surface area contributed by atoms with Crippen molar-refractivity contribution < 1.29 is 19.4 Å². The molecular weight excluding hydrogens is 244 g/mol. The van der Waals surface area contributed by atoms with Gasteiger partial charge in [0.2, 0.25) is 0 Å². The van der Waals surface area contributed by atoms with Crippen molar-refractivity contribution in [1.82, 2.24) is 0 Å². The van der Waals surface area contributed by atoms with Crippen LogP contribution in [0.1, 0.15) is 17.3 Å². The van der Waals surface area contributed by atoms with Gasteiger partial charge in [0, 0.05) is 6.92 Å². The Hall–Kier alpha value is -2.62. The molecule has 0 radical (unpaired) electrons. The highest BCUT2D eigenvalue weighted by Gasteiger charge is 2.11. The first-order chi connectivity index (χ1) is 9.16. The van der Waals surface area contributed by atoms with Crippen LogP contribution in [0.3, 0.4) is 0 Å². The maximum Gasteiger partial charge on any atom is 0.386 e. The third kappa shape index (κ3) is 3.42. The summed E-state index contributed by atoms with van der Waals surface area (Å²) in [4.78, 5) is 30.8. The number of hydrogen-bond donors (Lipinski definition) is 0. The molecule has 2 aromatic rings. The summed E-state index contributed by atoms with van der Waals surface area (Å²) in [7, 11) is 0. The summed E-state index contributed by atoms with van der Waals surface area (Å²) in [6, 6.07) is 16.5. The van der Waals surface area contributed by atoms with E-state index in [-0.39, 0.29) is 0 Å². The van der Waals surface area contributed by atoms with Gasteiger partial charge in [-0.1, -0.05) is 42.5 Å². The fraction of sp³-hybridized carbons (Fsp3) is 0.0667. The Balaban J connectivity index is 2.20. The SMILES string of the molecule is CC(=O)OOC(=O)c1cccc(-c2ccccc2)c1. The number of benzene rings is 2. The Kier molecular flexibility index (Phi) is 3.93. The minimum atomic E-state index is -0.701. The molecule has 19 heavy (non-hydrogen) atoms. The minimum absolute atomic E-state index is 0.322. The Morgan fingerprint density at radius 2 is 1.53 bits per heavy atom. The van der Waals surface area contributed by atoms with E-state index in [2.05, 4.69) is 9.78 Å². The van der Waals surface area contributed by atoms with E-state index in [1.54, 1.807) is 18.2 Å². The lowest BCUT2D eigenvalue weighted by Crippen LogP contribution is -2.08. The zero-order valence-corrected chi connectivity index (χ0v) is 10.3. The Labute approximate surface area is 110 Å². The fourth-order valence-corrected chi connectivity index (χ4v) is 1.60. The molecule has 0 aliphatic carbocycles. The molecule has 0 unspecified atom stereocenters. The molecule has 0 saturated carbocycles. The minimum Gasteiger partial charge on any atom is -0.248 e. The molecule has 0 fully saturated rings. The van der Waals surface area contributed by atoms with E-state index in [0.29, 0.717) is 5.56 Å². The molecule has 0 heterocycles. The molecule has 0 bridgehead atoms. The number of carbonyl (C=O) groups excluding carboxylic acids is 2. The highest BCUT2D eigenvalue weighted by atomic mass is 17.2. The van der Waals surface area contributed by atoms with E-state index in [1.165, 1.54) is 0 Å². The van der Waals surface area contributed by atoms with Gasteiger partial charge in [0.25, 0.3) is 0 Å². The maximum atomic E-state index is 11.6. The number of carbonyl (C=O) groups is 2. The van der Waals surface area contributed by atoms with Gasteiger partial charge >= 0.3 is 11.9 Å². The van der Waals surface area contributed by atoms with E-state index in [0.717, 1.165) is 18.1 Å². The molecule has 0 atom stereocenters. The third-order valence-electron chi connectivity index (χ3n) is 2.44. The topological polar surface area (TPSA) is 52.6 Å². The summed E-state index contributed by atoms with van der Waals surface area (Å²) >= 11 is 0. The largest absolute Gasteiger partial charge is 0.386 e. The van der Waals surface area contributed by atoms with Crippen molar-refractivity contribution in [2.24, 2.45) is 0 Å². The van der Waals surface area contributed by atoms with Crippen LogP contribution in [0.15, 0.2) is 54.6 Å². The van der Waals surface area contributed by atoms with Gasteiger partial charge in [0.15, 0.2) is 0 Å². The van der Waals surface area contributed by atoms with Crippen LogP contribution in [0.5, 0.6) is 0 Å². The Bertz CT molecular complexity index is 590. The number of hydrogen-bond acceptors (Lipinski definition) is 4. The molecule has 0 amide bonds. The van der Waals surface area contributed by atoms with Crippen molar-refractivity contribution in [1.29, 1.82) is 0 Å². The molecule has 0 saturated heterocycles. The average Bonchev–Trinajstić information content (AvgIpc) is 2.46. The predicted octanol–water partition coefficient (Wildman–Crippen LogP) is 2.99. The second-order valence-electron chi connectivity index (χ2n) is 3.89. The Morgan fingerprint density at radius 1 is 0.842 bits per heavy atom. The van der Waals surface area contributed by atoms with Crippen LogP contribution in [0.4, 0.5) is 0 Å². The summed E-state index contributed by atoms with van der Waals surface area (Å²) in [5, 5.41) is 0. The van der Waals surface area contributed by atoms with E-state index in [9.17, 15) is 9.59 Å². The van der Waals surface area contributed by atoms with Crippen molar-refractivity contribution in [3.8, 4) is 11.1 Å². The molecule has 0 aliphatic rings. The second kappa shape index (κ2) is 5.82. The molecule has 4 heteroatoms. The zero-order valence-electron chi connectivity index (χ0n) is 10.3. The van der Waals surface area contributed by atoms with Crippen LogP contribution in [-0.4, -0.2) is 11.9 Å². The molecule has 4 nitrogen and oxygen atoms in total. The molecule has 96 valence electrons. The van der Waals surface area contributed by atoms with Crippen LogP contribution in [-0.2, 0) is 14.6 Å². The summed E-state index contributed by atoms with van der Waals surface area (Å²) in [6.45, 7) is 1.16. The monoisotopic (exact) mass is 256 g/mol. The molecule has 0 aromatic heterocycles. The van der Waals surface area contributed by atoms with E-state index >= 15 is 0 Å². The van der Waals surface area contributed by atoms with Crippen LogP contribution in [0.25, 0.3) is 11.1 Å². The molecule has 0 aliphatic heterocycles. The van der Waals surface area contributed by atoms with Gasteiger partial charge in [-0.3, -0.25) is 0 Å². The van der Waals surface area contributed by atoms with Crippen molar-refractivity contribution in [3.63, 3.8) is 0 Å². The first-order valence-electron chi connectivity index (χ1n) is 5.72. The van der Waals surface area contributed by atoms with Crippen molar-refractivity contribution in [2.75, 3.05) is 0 Å². The van der Waals surface area contributed by atoms with Gasteiger partial charge < -0.3 is 0 Å². The van der Waals surface area contributed by atoms with Gasteiger partial charge in [0.05, 0.1) is 5.56 Å². The van der Waals surface area contributed by atoms with Gasteiger partial charge in [-0.2, -0.15) is 0 Å². The van der Waals surface area contributed by atoms with E-state index in [1.807, 2.05) is 36.4 Å². The lowest BCUT2D eigenvalue weighted by Gasteiger charge is -2.04. The predicted molar refractivity (Wildman–Crippen MR) is 69.1 cm³/mol. The van der Waals surface area contributed by atoms with Crippen LogP contribution in [0.2, 0.25) is 0 Å². The summed E-state index contributed by atoms with van der Waals surface area (Å²) < 4.78 is 0. The molecule has 0 spiro atoms. The van der Waals surface area contributed by atoms with Crippen LogP contribution in [0, 0.1) is 0 Å². The standard InChI is InChI=1S/C15H12O4/c1-11(16)18-19-15(17)14-9-5-8-13(10-14)12-6-3-2-4-7-12/h2-10H,1H3. The molecule has 0 N–H and O–H groups in total. The van der Waals surface area contributed by atoms with Crippen molar-refractivity contribution in [3.05, 3.63) is 60.2 Å². The van der Waals surface area contributed by atoms with E-state index < -0.39 is 11.9 Å². The van der Waals surface area contributed by atoms with Gasteiger partial charge in [0.1, 0.15) is 0 Å². The lowest BCUT2D eigenvalue weighted by molar-refractivity contribution is -0.231. The van der Waals surface area contributed by atoms with Gasteiger partial charge in [-0.15, -0.1) is 0 Å². The smallest absolute Gasteiger partial charge is 0.248 e. The molecule has 2 aromatic carbocycles. The lowest BCUT2D eigenvalue weighted by atomic mass is 10.0. The van der Waals surface area contributed by atoms with Gasteiger partial charge in [-0.05, 0) is 23.3 Å². The quantitative estimate of drug-likeness (QED) is 0.612. The highest BCUT2D eigenvalue weighted by molar-refractivity contribution is 5.91. The summed E-state index contributed by atoms with van der Waals surface area (Å²) in [5.41, 5.74) is 2.20. The maximum absolute atomic E-state index is 11.6. The molecule has 2 rings (SSSR count). The second-order valence-corrected chi connectivity index (χ2v) is 3.89. The fourth-order valence-electron chi connectivity index (χ4n) is 1.60. The normalized spacial score (nSPS) is 9.74. The average molecular weight is 256 g/mol. The Morgan fingerprint density at radius 3 is 2.21 bits per heavy atom. The summed E-state index contributed by atoms with van der Waals surface area (Å²) in [6.07, 6.45) is 0. The first-order valence-corrected chi connectivity index (χ1v) is 5.72.